The fraction of sp³-hybridized carbons (Fsp3) is 0.629. The van der Waals surface area contributed by atoms with Crippen LogP contribution < -0.4 is 5.69 Å². The molecule has 1 unspecified atom stereocenters. The molecule has 0 saturated carbocycles. The Labute approximate surface area is 265 Å². The number of halogens is 3. The molecule has 2 aliphatic heterocycles. The van der Waals surface area contributed by atoms with Crippen LogP contribution in [0.25, 0.3) is 11.2 Å². The van der Waals surface area contributed by atoms with Crippen molar-refractivity contribution in [3.63, 3.8) is 0 Å². The first kappa shape index (κ1) is 33.4. The second-order valence-electron chi connectivity index (χ2n) is 13.8. The largest absolute Gasteiger partial charge is 0.418 e. The molecule has 2 aromatic heterocycles. The average Bonchev–Trinajstić information content (AvgIpc) is 3.52. The summed E-state index contributed by atoms with van der Waals surface area (Å²) >= 11 is 0. The molecule has 7 nitrogen and oxygen atoms in total. The summed E-state index contributed by atoms with van der Waals surface area (Å²) in [5.74, 6) is 0.995. The van der Waals surface area contributed by atoms with Gasteiger partial charge in [-0.3, -0.25) is 13.9 Å². The normalized spacial score (nSPS) is 20.8. The summed E-state index contributed by atoms with van der Waals surface area (Å²) in [5, 5.41) is 5.11. The number of rotatable bonds is 12. The number of nitrogens with zero attached hydrogens (tertiary/aromatic N) is 6. The minimum Gasteiger partial charge on any atom is -0.299 e. The molecule has 0 N–H and O–H groups in total. The average molecular weight is 628 g/mol. The van der Waals surface area contributed by atoms with Crippen molar-refractivity contribution < 1.29 is 17.9 Å². The highest BCUT2D eigenvalue weighted by molar-refractivity contribution is 5.58. The highest BCUT2D eigenvalue weighted by Crippen LogP contribution is 2.36. The van der Waals surface area contributed by atoms with Gasteiger partial charge in [0.15, 0.2) is 12.7 Å². The quantitative estimate of drug-likeness (QED) is 0.152. The van der Waals surface area contributed by atoms with E-state index in [-0.39, 0.29) is 17.6 Å². The van der Waals surface area contributed by atoms with Gasteiger partial charge in [0.25, 0.3) is 0 Å². The SMILES string of the molecule is CCCCCC[N+]1=NC([C@H](CC(C)C)c2cccc(-n3cc4c(C(F)(F)F)cc(CN5CCC[C@H](C)C5)cn4c3=O)c2)N(C)C1. The third-order valence-corrected chi connectivity index (χ3v) is 9.33. The molecule has 1 aromatic carbocycles. The Bertz CT molecular complexity index is 1540. The maximum atomic E-state index is 14.4. The number of hydrogen-bond acceptors (Lipinski definition) is 4. The van der Waals surface area contributed by atoms with E-state index in [9.17, 15) is 18.0 Å². The number of unbranched alkanes of at least 4 members (excludes halogenated alkanes) is 3. The summed E-state index contributed by atoms with van der Waals surface area (Å²) in [6, 6.07) is 8.94. The first-order valence-corrected chi connectivity index (χ1v) is 16.8. The van der Waals surface area contributed by atoms with E-state index in [1.807, 2.05) is 12.1 Å². The van der Waals surface area contributed by atoms with Crippen LogP contribution in [0.1, 0.15) is 95.2 Å². The van der Waals surface area contributed by atoms with Crippen LogP contribution in [-0.4, -0.2) is 63.0 Å². The number of alkyl halides is 3. The summed E-state index contributed by atoms with van der Waals surface area (Å²) < 4.78 is 47.8. The molecule has 10 heteroatoms. The molecule has 0 bridgehead atoms. The van der Waals surface area contributed by atoms with Crippen LogP contribution in [0.4, 0.5) is 13.2 Å². The van der Waals surface area contributed by atoms with Gasteiger partial charge in [-0.2, -0.15) is 13.2 Å². The number of benzene rings is 1. The molecule has 3 aromatic rings. The molecule has 0 radical (unpaired) electrons. The highest BCUT2D eigenvalue weighted by Gasteiger charge is 2.38. The van der Waals surface area contributed by atoms with Gasteiger partial charge in [-0.05, 0) is 85.6 Å². The lowest BCUT2D eigenvalue weighted by Crippen LogP contribution is -2.34. The third-order valence-electron chi connectivity index (χ3n) is 9.33. The van der Waals surface area contributed by atoms with Crippen molar-refractivity contribution in [3.8, 4) is 5.69 Å². The lowest BCUT2D eigenvalue weighted by molar-refractivity contribution is -0.591. The van der Waals surface area contributed by atoms with Crippen molar-refractivity contribution >= 4 is 5.52 Å². The van der Waals surface area contributed by atoms with Crippen molar-refractivity contribution in [1.29, 1.82) is 0 Å². The highest BCUT2D eigenvalue weighted by atomic mass is 19.4. The second-order valence-corrected chi connectivity index (χ2v) is 13.8. The summed E-state index contributed by atoms with van der Waals surface area (Å²) in [6.07, 6.45) is 6.11. The Morgan fingerprint density at radius 2 is 1.91 bits per heavy atom. The van der Waals surface area contributed by atoms with E-state index in [0.717, 1.165) is 57.5 Å². The zero-order valence-corrected chi connectivity index (χ0v) is 27.6. The van der Waals surface area contributed by atoms with E-state index in [1.165, 1.54) is 40.5 Å². The molecule has 0 amide bonds. The van der Waals surface area contributed by atoms with Crippen LogP contribution in [0.5, 0.6) is 0 Å². The number of azo groups is 2. The fourth-order valence-electron chi connectivity index (χ4n) is 7.15. The van der Waals surface area contributed by atoms with Crippen LogP contribution >= 0.6 is 0 Å². The molecule has 1 saturated heterocycles. The fourth-order valence-corrected chi connectivity index (χ4v) is 7.15. The van der Waals surface area contributed by atoms with Crippen LogP contribution in [-0.2, 0) is 12.7 Å². The minimum absolute atomic E-state index is 0.0458. The maximum absolute atomic E-state index is 14.4. The van der Waals surface area contributed by atoms with Crippen molar-refractivity contribution in [3.05, 3.63) is 69.9 Å². The van der Waals surface area contributed by atoms with E-state index in [4.69, 9.17) is 5.11 Å². The van der Waals surface area contributed by atoms with Crippen LogP contribution in [0.3, 0.4) is 0 Å². The van der Waals surface area contributed by atoms with E-state index in [1.54, 1.807) is 12.3 Å². The zero-order valence-electron chi connectivity index (χ0n) is 27.6. The van der Waals surface area contributed by atoms with Gasteiger partial charge >= 0.3 is 11.9 Å². The van der Waals surface area contributed by atoms with Gasteiger partial charge in [0.1, 0.15) is 0 Å². The van der Waals surface area contributed by atoms with Gasteiger partial charge in [0, 0.05) is 37.8 Å². The van der Waals surface area contributed by atoms with Gasteiger partial charge in [0.2, 0.25) is 6.67 Å². The monoisotopic (exact) mass is 627 g/mol. The number of aromatic nitrogens is 2. The Morgan fingerprint density at radius 3 is 2.62 bits per heavy atom. The molecule has 2 aliphatic rings. The number of piperidine rings is 1. The van der Waals surface area contributed by atoms with E-state index in [0.29, 0.717) is 29.6 Å². The summed E-state index contributed by atoms with van der Waals surface area (Å²) in [5.41, 5.74) is 0.693. The van der Waals surface area contributed by atoms with Gasteiger partial charge in [-0.25, -0.2) is 9.69 Å². The standard InChI is InChI=1S/C35H50F3N6O/c1-6-7-8-9-16-42-24-40(5)33(39-42)30(17-25(2)3)28-13-10-14-29(19-28)43-23-32-31(35(36,37)38)18-27(22-44(32)34(43)45)21-41-15-11-12-26(4)20-41/h10,13-14,18-19,22-23,25-26,30,33H,6-9,11-12,15-17,20-21,24H2,1-5H3/q+1/t26-,30+,33?/m0/s1. The Balaban J connectivity index is 1.49. The predicted molar refractivity (Wildman–Crippen MR) is 172 cm³/mol. The molecule has 0 spiro atoms. The molecule has 0 aliphatic carbocycles. The third kappa shape index (κ3) is 7.88. The van der Waals surface area contributed by atoms with E-state index < -0.39 is 17.4 Å². The summed E-state index contributed by atoms with van der Waals surface area (Å²) in [7, 11) is 2.10. The Kier molecular flexibility index (Phi) is 10.5. The first-order chi connectivity index (χ1) is 21.4. The van der Waals surface area contributed by atoms with Gasteiger partial charge in [-0.1, -0.05) is 52.7 Å². The van der Waals surface area contributed by atoms with E-state index >= 15 is 0 Å². The minimum atomic E-state index is -4.59. The topological polar surface area (TPSA) is 48.3 Å². The van der Waals surface area contributed by atoms with Crippen LogP contribution in [0.15, 0.2) is 52.6 Å². The zero-order chi connectivity index (χ0) is 32.3. The van der Waals surface area contributed by atoms with Crippen LogP contribution in [0, 0.1) is 11.8 Å². The molecule has 45 heavy (non-hydrogen) atoms. The molecule has 5 rings (SSSR count). The molecule has 1 fully saturated rings. The summed E-state index contributed by atoms with van der Waals surface area (Å²) in [4.78, 5) is 18.2. The van der Waals surface area contributed by atoms with Crippen molar-refractivity contribution in [2.24, 2.45) is 17.0 Å². The van der Waals surface area contributed by atoms with Gasteiger partial charge in [0.05, 0.1) is 16.8 Å². The number of imidazole rings is 1. The maximum Gasteiger partial charge on any atom is 0.418 e. The van der Waals surface area contributed by atoms with Gasteiger partial charge < -0.3 is 0 Å². The Morgan fingerprint density at radius 1 is 1.11 bits per heavy atom. The number of likely N-dealkylation sites (N-methyl/N-ethyl adjacent to an activating group) is 1. The number of likely N-dealkylation sites (tertiary alicyclic amines) is 1. The Hall–Kier alpha value is -2.98. The first-order valence-electron chi connectivity index (χ1n) is 16.8. The van der Waals surface area contributed by atoms with Crippen molar-refractivity contribution in [1.82, 2.24) is 18.8 Å². The number of hydrogen-bond donors (Lipinski definition) is 0. The molecule has 4 heterocycles. The lowest BCUT2D eigenvalue weighted by Gasteiger charge is -2.31. The van der Waals surface area contributed by atoms with Crippen molar-refractivity contribution in [2.45, 2.75) is 97.4 Å². The van der Waals surface area contributed by atoms with Gasteiger partial charge in [-0.15, -0.1) is 4.70 Å². The van der Waals surface area contributed by atoms with E-state index in [2.05, 4.69) is 55.3 Å². The summed E-state index contributed by atoms with van der Waals surface area (Å²) in [6.45, 7) is 12.6. The predicted octanol–water partition coefficient (Wildman–Crippen LogP) is 7.74. The molecule has 3 atom stereocenters. The van der Waals surface area contributed by atoms with Crippen molar-refractivity contribution in [2.75, 3.05) is 33.4 Å². The molecular weight excluding hydrogens is 577 g/mol. The number of pyridine rings is 1. The smallest absolute Gasteiger partial charge is 0.299 e. The molecular formula is C35H50F3N6O+. The molecule has 246 valence electrons. The lowest BCUT2D eigenvalue weighted by atomic mass is 9.87. The van der Waals surface area contributed by atoms with Crippen LogP contribution in [0.2, 0.25) is 0 Å². The number of fused-ring (bicyclic) bond motifs is 1. The second kappa shape index (κ2) is 14.2.